The van der Waals surface area contributed by atoms with Crippen LogP contribution in [0.5, 0.6) is 0 Å². The Morgan fingerprint density at radius 2 is 2.17 bits per heavy atom. The Balaban J connectivity index is 3.31. The highest BCUT2D eigenvalue weighted by Crippen LogP contribution is 2.07. The van der Waals surface area contributed by atoms with Crippen molar-refractivity contribution >= 4 is 21.7 Å². The van der Waals surface area contributed by atoms with Crippen LogP contribution in [0.1, 0.15) is 0 Å². The third kappa shape index (κ3) is 1.66. The largest absolute Gasteiger partial charge is 0.361 e. The summed E-state index contributed by atoms with van der Waals surface area (Å²) in [5, 5.41) is 0. The maximum absolute atomic E-state index is 11.2. The highest BCUT2D eigenvalue weighted by molar-refractivity contribution is 9.10. The SMILES string of the molecule is CN(C)c1cn(C)c(=O)c(Br)n1. The summed E-state index contributed by atoms with van der Waals surface area (Å²) in [6.45, 7) is 0. The number of hydrogen-bond donors (Lipinski definition) is 0. The molecule has 0 aliphatic carbocycles. The summed E-state index contributed by atoms with van der Waals surface area (Å²) in [6, 6.07) is 0. The molecule has 12 heavy (non-hydrogen) atoms. The molecule has 0 aliphatic heterocycles. The standard InChI is InChI=1S/C7H10BrN3O/c1-10(2)5-4-11(3)7(12)6(8)9-5/h4H,1-3H3. The van der Waals surface area contributed by atoms with Crippen LogP contribution >= 0.6 is 15.9 Å². The molecule has 0 aliphatic rings. The van der Waals surface area contributed by atoms with E-state index in [1.807, 2.05) is 19.0 Å². The molecule has 1 rings (SSSR count). The summed E-state index contributed by atoms with van der Waals surface area (Å²) < 4.78 is 1.84. The van der Waals surface area contributed by atoms with Crippen LogP contribution < -0.4 is 10.5 Å². The molecule has 1 heterocycles. The van der Waals surface area contributed by atoms with Gasteiger partial charge in [0.1, 0.15) is 5.82 Å². The maximum Gasteiger partial charge on any atom is 0.283 e. The highest BCUT2D eigenvalue weighted by Gasteiger charge is 2.03. The van der Waals surface area contributed by atoms with E-state index in [2.05, 4.69) is 20.9 Å². The smallest absolute Gasteiger partial charge is 0.283 e. The summed E-state index contributed by atoms with van der Waals surface area (Å²) in [5.74, 6) is 0.754. The minimum Gasteiger partial charge on any atom is -0.361 e. The lowest BCUT2D eigenvalue weighted by molar-refractivity contribution is 0.820. The molecule has 4 nitrogen and oxygen atoms in total. The molecule has 0 atom stereocenters. The molecule has 1 aromatic heterocycles. The number of nitrogens with zero attached hydrogens (tertiary/aromatic N) is 3. The number of halogens is 1. The van der Waals surface area contributed by atoms with Crippen molar-refractivity contribution < 1.29 is 0 Å². The van der Waals surface area contributed by atoms with Crippen LogP contribution in [0.15, 0.2) is 15.6 Å². The van der Waals surface area contributed by atoms with Gasteiger partial charge in [-0.15, -0.1) is 0 Å². The molecule has 0 saturated heterocycles. The van der Waals surface area contributed by atoms with Gasteiger partial charge in [0.15, 0.2) is 4.60 Å². The van der Waals surface area contributed by atoms with Crippen LogP contribution in [0, 0.1) is 0 Å². The van der Waals surface area contributed by atoms with Crippen LogP contribution in [0.2, 0.25) is 0 Å². The van der Waals surface area contributed by atoms with Gasteiger partial charge in [0.05, 0.1) is 0 Å². The molecular weight excluding hydrogens is 222 g/mol. The van der Waals surface area contributed by atoms with E-state index in [-0.39, 0.29) is 5.56 Å². The van der Waals surface area contributed by atoms with Crippen molar-refractivity contribution in [1.82, 2.24) is 9.55 Å². The zero-order valence-electron chi connectivity index (χ0n) is 7.21. The fraction of sp³-hybridized carbons (Fsp3) is 0.429. The van der Waals surface area contributed by atoms with Gasteiger partial charge in [0, 0.05) is 27.3 Å². The molecule has 0 amide bonds. The van der Waals surface area contributed by atoms with Crippen molar-refractivity contribution in [2.45, 2.75) is 0 Å². The Bertz CT molecular complexity index is 319. The summed E-state index contributed by atoms with van der Waals surface area (Å²) in [5.41, 5.74) is -0.124. The average molecular weight is 232 g/mol. The fourth-order valence-electron chi connectivity index (χ4n) is 0.770. The number of aryl methyl sites for hydroxylation is 1. The van der Waals surface area contributed by atoms with Crippen LogP contribution in [0.4, 0.5) is 5.82 Å². The lowest BCUT2D eigenvalue weighted by Crippen LogP contribution is -2.22. The van der Waals surface area contributed by atoms with Gasteiger partial charge in [-0.25, -0.2) is 4.98 Å². The van der Waals surface area contributed by atoms with Crippen molar-refractivity contribution in [3.05, 3.63) is 21.2 Å². The second kappa shape index (κ2) is 3.26. The molecule has 0 fully saturated rings. The molecule has 0 radical (unpaired) electrons. The lowest BCUT2D eigenvalue weighted by Gasteiger charge is -2.11. The third-order valence-electron chi connectivity index (χ3n) is 1.48. The molecular formula is C7H10BrN3O. The van der Waals surface area contributed by atoms with Gasteiger partial charge in [-0.1, -0.05) is 0 Å². The maximum atomic E-state index is 11.2. The van der Waals surface area contributed by atoms with E-state index in [4.69, 9.17) is 0 Å². The van der Waals surface area contributed by atoms with E-state index in [9.17, 15) is 4.79 Å². The van der Waals surface area contributed by atoms with Gasteiger partial charge in [-0.3, -0.25) is 4.79 Å². The summed E-state index contributed by atoms with van der Waals surface area (Å²) in [6.07, 6.45) is 1.69. The number of hydrogen-bond acceptors (Lipinski definition) is 3. The minimum absolute atomic E-state index is 0.124. The van der Waals surface area contributed by atoms with Crippen LogP contribution in [-0.2, 0) is 7.05 Å². The van der Waals surface area contributed by atoms with E-state index in [0.29, 0.717) is 4.60 Å². The Hall–Kier alpha value is -0.840. The first kappa shape index (κ1) is 9.25. The molecule has 0 unspecified atom stereocenters. The second-order valence-corrected chi connectivity index (χ2v) is 3.45. The Morgan fingerprint density at radius 3 is 2.58 bits per heavy atom. The number of aromatic nitrogens is 2. The van der Waals surface area contributed by atoms with Gasteiger partial charge >= 0.3 is 0 Å². The molecule has 1 aromatic rings. The van der Waals surface area contributed by atoms with Gasteiger partial charge in [-0.05, 0) is 15.9 Å². The Kier molecular flexibility index (Phi) is 2.52. The Morgan fingerprint density at radius 1 is 1.58 bits per heavy atom. The van der Waals surface area contributed by atoms with E-state index in [1.165, 1.54) is 4.57 Å². The van der Waals surface area contributed by atoms with Gasteiger partial charge in [0.25, 0.3) is 5.56 Å². The minimum atomic E-state index is -0.124. The normalized spacial score (nSPS) is 10.0. The first-order valence-corrected chi connectivity index (χ1v) is 4.22. The van der Waals surface area contributed by atoms with E-state index < -0.39 is 0 Å². The monoisotopic (exact) mass is 231 g/mol. The molecule has 0 aromatic carbocycles. The zero-order valence-corrected chi connectivity index (χ0v) is 8.79. The van der Waals surface area contributed by atoms with Crippen molar-refractivity contribution in [2.75, 3.05) is 19.0 Å². The number of anilines is 1. The third-order valence-corrected chi connectivity index (χ3v) is 1.99. The summed E-state index contributed by atoms with van der Waals surface area (Å²) >= 11 is 3.09. The highest BCUT2D eigenvalue weighted by atomic mass is 79.9. The van der Waals surface area contributed by atoms with E-state index >= 15 is 0 Å². The fourth-order valence-corrected chi connectivity index (χ4v) is 1.23. The van der Waals surface area contributed by atoms with Crippen LogP contribution in [0.25, 0.3) is 0 Å². The zero-order chi connectivity index (χ0) is 9.30. The topological polar surface area (TPSA) is 38.1 Å². The molecule has 0 spiro atoms. The average Bonchev–Trinajstić information content (AvgIpc) is 1.99. The van der Waals surface area contributed by atoms with E-state index in [1.54, 1.807) is 13.2 Å². The van der Waals surface area contributed by atoms with E-state index in [0.717, 1.165) is 5.82 Å². The summed E-state index contributed by atoms with van der Waals surface area (Å²) in [4.78, 5) is 17.1. The van der Waals surface area contributed by atoms with Gasteiger partial charge < -0.3 is 9.47 Å². The summed E-state index contributed by atoms with van der Waals surface area (Å²) in [7, 11) is 5.44. The van der Waals surface area contributed by atoms with Crippen molar-refractivity contribution in [2.24, 2.45) is 7.05 Å². The predicted molar refractivity (Wildman–Crippen MR) is 51.5 cm³/mol. The quantitative estimate of drug-likeness (QED) is 0.711. The first-order valence-electron chi connectivity index (χ1n) is 3.43. The molecule has 0 saturated carbocycles. The van der Waals surface area contributed by atoms with Gasteiger partial charge in [0.2, 0.25) is 0 Å². The van der Waals surface area contributed by atoms with Crippen molar-refractivity contribution in [3.8, 4) is 0 Å². The van der Waals surface area contributed by atoms with Gasteiger partial charge in [-0.2, -0.15) is 0 Å². The molecule has 5 heteroatoms. The van der Waals surface area contributed by atoms with Crippen LogP contribution in [-0.4, -0.2) is 23.6 Å². The van der Waals surface area contributed by atoms with Crippen LogP contribution in [0.3, 0.4) is 0 Å². The van der Waals surface area contributed by atoms with Crippen molar-refractivity contribution in [1.29, 1.82) is 0 Å². The Labute approximate surface area is 79.0 Å². The number of rotatable bonds is 1. The molecule has 0 N–H and O–H groups in total. The first-order chi connectivity index (χ1) is 5.52. The molecule has 66 valence electrons. The van der Waals surface area contributed by atoms with Crippen molar-refractivity contribution in [3.63, 3.8) is 0 Å². The predicted octanol–water partition coefficient (Wildman–Crippen LogP) is 0.609. The second-order valence-electron chi connectivity index (χ2n) is 2.70. The molecule has 0 bridgehead atoms. The lowest BCUT2D eigenvalue weighted by atomic mass is 10.6.